The number of nitrogens with one attached hydrogen (secondary N) is 1. The molecule has 7 heteroatoms. The molecule has 1 fully saturated rings. The van der Waals surface area contributed by atoms with Crippen LogP contribution in [0.1, 0.15) is 48.8 Å². The number of amides is 1. The summed E-state index contributed by atoms with van der Waals surface area (Å²) in [4.78, 5) is 12.3. The van der Waals surface area contributed by atoms with E-state index in [2.05, 4.69) is 20.1 Å². The summed E-state index contributed by atoms with van der Waals surface area (Å²) in [6.45, 7) is 1.25. The van der Waals surface area contributed by atoms with Crippen molar-refractivity contribution in [2.24, 2.45) is 5.92 Å². The van der Waals surface area contributed by atoms with Gasteiger partial charge >= 0.3 is 0 Å². The second-order valence-electron chi connectivity index (χ2n) is 6.83. The van der Waals surface area contributed by atoms with Crippen LogP contribution in [0.2, 0.25) is 0 Å². The molecule has 132 valence electrons. The average Bonchev–Trinajstić information content (AvgIpc) is 3.36. The van der Waals surface area contributed by atoms with E-state index < -0.39 is 11.6 Å². The summed E-state index contributed by atoms with van der Waals surface area (Å²) in [6, 6.07) is 3.85. The maximum Gasteiger partial charge on any atom is 0.224 e. The SMILES string of the molecule is O=C(NCc1nnc2n1CCCCC2)[C@@H]1C[C@H]1c1ccc(F)c(F)c1. The van der Waals surface area contributed by atoms with E-state index in [4.69, 9.17) is 0 Å². The summed E-state index contributed by atoms with van der Waals surface area (Å²) < 4.78 is 28.4. The number of nitrogens with zero attached hydrogens (tertiary/aromatic N) is 3. The topological polar surface area (TPSA) is 59.8 Å². The lowest BCUT2D eigenvalue weighted by molar-refractivity contribution is -0.122. The van der Waals surface area contributed by atoms with Gasteiger partial charge in [0, 0.05) is 18.9 Å². The van der Waals surface area contributed by atoms with Crippen molar-refractivity contribution in [2.45, 2.75) is 51.1 Å². The molecule has 0 unspecified atom stereocenters. The van der Waals surface area contributed by atoms with Crippen LogP contribution in [0.15, 0.2) is 18.2 Å². The Morgan fingerprint density at radius 3 is 2.92 bits per heavy atom. The Balaban J connectivity index is 1.36. The quantitative estimate of drug-likeness (QED) is 0.926. The number of rotatable bonds is 4. The Kier molecular flexibility index (Phi) is 4.23. The number of carbonyl (C=O) groups excluding carboxylic acids is 1. The first-order chi connectivity index (χ1) is 12.1. The van der Waals surface area contributed by atoms with E-state index in [9.17, 15) is 13.6 Å². The van der Waals surface area contributed by atoms with Gasteiger partial charge in [-0.2, -0.15) is 0 Å². The van der Waals surface area contributed by atoms with E-state index in [0.717, 1.165) is 43.5 Å². The molecule has 2 atom stereocenters. The van der Waals surface area contributed by atoms with E-state index in [-0.39, 0.29) is 17.7 Å². The molecule has 0 saturated heterocycles. The monoisotopic (exact) mass is 346 g/mol. The molecular weight excluding hydrogens is 326 g/mol. The minimum absolute atomic E-state index is 0.0365. The van der Waals surface area contributed by atoms with Crippen molar-refractivity contribution in [3.05, 3.63) is 47.0 Å². The summed E-state index contributed by atoms with van der Waals surface area (Å²) >= 11 is 0. The predicted molar refractivity (Wildman–Crippen MR) is 86.6 cm³/mol. The summed E-state index contributed by atoms with van der Waals surface area (Å²) in [5, 5.41) is 11.3. The van der Waals surface area contributed by atoms with Gasteiger partial charge in [0.2, 0.25) is 5.91 Å². The minimum Gasteiger partial charge on any atom is -0.349 e. The van der Waals surface area contributed by atoms with Gasteiger partial charge in [-0.1, -0.05) is 12.5 Å². The van der Waals surface area contributed by atoms with Crippen LogP contribution in [0.5, 0.6) is 0 Å². The number of halogens is 2. The van der Waals surface area contributed by atoms with Crippen LogP contribution in [0.25, 0.3) is 0 Å². The zero-order chi connectivity index (χ0) is 17.4. The van der Waals surface area contributed by atoms with Crippen molar-refractivity contribution in [1.82, 2.24) is 20.1 Å². The predicted octanol–water partition coefficient (Wildman–Crippen LogP) is 2.70. The fourth-order valence-corrected chi connectivity index (χ4v) is 3.57. The molecule has 1 saturated carbocycles. The molecule has 2 heterocycles. The van der Waals surface area contributed by atoms with Crippen LogP contribution >= 0.6 is 0 Å². The second kappa shape index (κ2) is 6.54. The molecule has 1 N–H and O–H groups in total. The van der Waals surface area contributed by atoms with E-state index in [1.54, 1.807) is 6.07 Å². The highest BCUT2D eigenvalue weighted by molar-refractivity contribution is 5.82. The maximum atomic E-state index is 13.3. The van der Waals surface area contributed by atoms with E-state index in [0.29, 0.717) is 18.5 Å². The van der Waals surface area contributed by atoms with Gasteiger partial charge < -0.3 is 9.88 Å². The summed E-state index contributed by atoms with van der Waals surface area (Å²) in [5.74, 6) is -0.238. The number of fused-ring (bicyclic) bond motifs is 1. The van der Waals surface area contributed by atoms with E-state index in [1.807, 2.05) is 0 Å². The first kappa shape index (κ1) is 16.2. The molecule has 0 bridgehead atoms. The Labute approximate surface area is 144 Å². The average molecular weight is 346 g/mol. The van der Waals surface area contributed by atoms with Crippen molar-refractivity contribution in [1.29, 1.82) is 0 Å². The molecule has 0 spiro atoms. The smallest absolute Gasteiger partial charge is 0.224 e. The van der Waals surface area contributed by atoms with Crippen LogP contribution in [-0.2, 0) is 24.3 Å². The van der Waals surface area contributed by atoms with Crippen molar-refractivity contribution < 1.29 is 13.6 Å². The van der Waals surface area contributed by atoms with Crippen LogP contribution in [0.3, 0.4) is 0 Å². The highest BCUT2D eigenvalue weighted by Crippen LogP contribution is 2.47. The van der Waals surface area contributed by atoms with Crippen molar-refractivity contribution in [3.8, 4) is 0 Å². The van der Waals surface area contributed by atoms with Gasteiger partial charge in [-0.25, -0.2) is 8.78 Å². The number of benzene rings is 1. The third-order valence-electron chi connectivity index (χ3n) is 5.11. The maximum absolute atomic E-state index is 13.3. The van der Waals surface area contributed by atoms with Gasteiger partial charge in [-0.3, -0.25) is 4.79 Å². The standard InChI is InChI=1S/C18H20F2N4O/c19-14-6-5-11(8-15(14)20)12-9-13(12)18(25)21-10-17-23-22-16-4-2-1-3-7-24(16)17/h5-6,8,12-13H,1-4,7,9-10H2,(H,21,25)/t12-,13+/m0/s1. The number of aromatic nitrogens is 3. The van der Waals surface area contributed by atoms with Crippen LogP contribution < -0.4 is 5.32 Å². The van der Waals surface area contributed by atoms with Gasteiger partial charge in [-0.05, 0) is 42.9 Å². The van der Waals surface area contributed by atoms with E-state index >= 15 is 0 Å². The van der Waals surface area contributed by atoms with Crippen LogP contribution in [0.4, 0.5) is 8.78 Å². The number of hydrogen-bond donors (Lipinski definition) is 1. The number of hydrogen-bond acceptors (Lipinski definition) is 3. The Morgan fingerprint density at radius 1 is 1.20 bits per heavy atom. The molecule has 1 aliphatic heterocycles. The van der Waals surface area contributed by atoms with E-state index in [1.165, 1.54) is 12.5 Å². The van der Waals surface area contributed by atoms with Crippen LogP contribution in [0, 0.1) is 17.6 Å². The van der Waals surface area contributed by atoms with Crippen molar-refractivity contribution in [2.75, 3.05) is 0 Å². The third-order valence-corrected chi connectivity index (χ3v) is 5.11. The summed E-state index contributed by atoms with van der Waals surface area (Å²) in [5.41, 5.74) is 0.676. The number of aryl methyl sites for hydroxylation is 1. The molecule has 5 nitrogen and oxygen atoms in total. The molecule has 2 aliphatic rings. The van der Waals surface area contributed by atoms with Crippen molar-refractivity contribution in [3.63, 3.8) is 0 Å². The molecule has 25 heavy (non-hydrogen) atoms. The largest absolute Gasteiger partial charge is 0.349 e. The molecule has 1 aromatic heterocycles. The minimum atomic E-state index is -0.866. The highest BCUT2D eigenvalue weighted by atomic mass is 19.2. The van der Waals surface area contributed by atoms with Gasteiger partial charge in [0.05, 0.1) is 6.54 Å². The number of carbonyl (C=O) groups is 1. The Morgan fingerprint density at radius 2 is 2.08 bits per heavy atom. The first-order valence-corrected chi connectivity index (χ1v) is 8.77. The molecule has 2 aromatic rings. The van der Waals surface area contributed by atoms with Gasteiger partial charge in [0.25, 0.3) is 0 Å². The lowest BCUT2D eigenvalue weighted by atomic mass is 10.1. The zero-order valence-electron chi connectivity index (χ0n) is 13.8. The molecular formula is C18H20F2N4O. The molecule has 4 rings (SSSR count). The zero-order valence-corrected chi connectivity index (χ0v) is 13.8. The second-order valence-corrected chi connectivity index (χ2v) is 6.83. The van der Waals surface area contributed by atoms with Gasteiger partial charge in [-0.15, -0.1) is 10.2 Å². The summed E-state index contributed by atoms with van der Waals surface area (Å²) in [7, 11) is 0. The Hall–Kier alpha value is -2.31. The summed E-state index contributed by atoms with van der Waals surface area (Å²) in [6.07, 6.45) is 5.01. The highest BCUT2D eigenvalue weighted by Gasteiger charge is 2.44. The first-order valence-electron chi connectivity index (χ1n) is 8.77. The fraction of sp³-hybridized carbons (Fsp3) is 0.500. The fourth-order valence-electron chi connectivity index (χ4n) is 3.57. The lowest BCUT2D eigenvalue weighted by Gasteiger charge is -2.08. The molecule has 1 aromatic carbocycles. The third kappa shape index (κ3) is 3.27. The van der Waals surface area contributed by atoms with Gasteiger partial charge in [0.15, 0.2) is 17.5 Å². The molecule has 1 aliphatic carbocycles. The molecule has 0 radical (unpaired) electrons. The van der Waals surface area contributed by atoms with Crippen LogP contribution in [-0.4, -0.2) is 20.7 Å². The van der Waals surface area contributed by atoms with Crippen molar-refractivity contribution >= 4 is 5.91 Å². The normalized spacial score (nSPS) is 22.2. The Bertz CT molecular complexity index is 804. The van der Waals surface area contributed by atoms with Gasteiger partial charge in [0.1, 0.15) is 5.82 Å². The lowest BCUT2D eigenvalue weighted by Crippen LogP contribution is -2.26. The molecule has 1 amide bonds.